The molecule has 0 aliphatic rings. The van der Waals surface area contributed by atoms with Crippen molar-refractivity contribution in [3.63, 3.8) is 0 Å². The molecule has 0 aliphatic heterocycles. The first-order valence-electron chi connectivity index (χ1n) is 8.87. The van der Waals surface area contributed by atoms with Crippen LogP contribution in [0.2, 0.25) is 0 Å². The number of pyridine rings is 1. The van der Waals surface area contributed by atoms with E-state index in [-0.39, 0.29) is 17.9 Å². The van der Waals surface area contributed by atoms with Crippen molar-refractivity contribution in [2.45, 2.75) is 32.7 Å². The van der Waals surface area contributed by atoms with Gasteiger partial charge in [0.1, 0.15) is 5.75 Å². The van der Waals surface area contributed by atoms with Crippen molar-refractivity contribution in [1.82, 2.24) is 20.1 Å². The quantitative estimate of drug-likeness (QED) is 0.729. The molecule has 0 saturated heterocycles. The van der Waals surface area contributed by atoms with Gasteiger partial charge in [-0.3, -0.25) is 4.79 Å². The summed E-state index contributed by atoms with van der Waals surface area (Å²) in [6.45, 7) is 6.81. The fraction of sp³-hybridized carbons (Fsp3) is 0.286. The average Bonchev–Trinajstić information content (AvgIpc) is 3.19. The van der Waals surface area contributed by atoms with Gasteiger partial charge >= 0.3 is 0 Å². The Bertz CT molecular complexity index is 881. The molecule has 3 aromatic rings. The second-order valence-electron chi connectivity index (χ2n) is 7.32. The van der Waals surface area contributed by atoms with Gasteiger partial charge in [-0.25, -0.2) is 9.67 Å². The third-order valence-corrected chi connectivity index (χ3v) is 4.11. The highest BCUT2D eigenvalue weighted by molar-refractivity contribution is 5.77. The van der Waals surface area contributed by atoms with E-state index in [4.69, 9.17) is 4.74 Å². The zero-order chi connectivity index (χ0) is 19.3. The van der Waals surface area contributed by atoms with Crippen LogP contribution in [0.1, 0.15) is 31.9 Å². The minimum Gasteiger partial charge on any atom is -0.484 e. The molecule has 1 N–H and O–H groups in total. The van der Waals surface area contributed by atoms with Crippen LogP contribution in [0.5, 0.6) is 5.75 Å². The maximum atomic E-state index is 12.1. The predicted octanol–water partition coefficient (Wildman–Crippen LogP) is 3.26. The molecule has 2 heterocycles. The summed E-state index contributed by atoms with van der Waals surface area (Å²) in [4.78, 5) is 16.4. The molecule has 1 amide bonds. The Morgan fingerprint density at radius 2 is 2.04 bits per heavy atom. The average molecular weight is 364 g/mol. The van der Waals surface area contributed by atoms with Crippen LogP contribution >= 0.6 is 0 Å². The molecule has 0 saturated carbocycles. The number of amides is 1. The number of rotatable bonds is 6. The number of benzene rings is 1. The van der Waals surface area contributed by atoms with E-state index in [1.807, 2.05) is 42.6 Å². The first-order chi connectivity index (χ1) is 12.9. The lowest BCUT2D eigenvalue weighted by molar-refractivity contribution is -0.123. The van der Waals surface area contributed by atoms with Gasteiger partial charge in [-0.2, -0.15) is 5.10 Å². The molecule has 3 rings (SSSR count). The zero-order valence-corrected chi connectivity index (χ0v) is 15.8. The van der Waals surface area contributed by atoms with Crippen molar-refractivity contribution < 1.29 is 9.53 Å². The summed E-state index contributed by atoms with van der Waals surface area (Å²) in [5.74, 6) is 1.26. The minimum atomic E-state index is -0.174. The lowest BCUT2D eigenvalue weighted by Crippen LogP contribution is -2.28. The molecule has 140 valence electrons. The number of nitrogens with one attached hydrogen (secondary N) is 1. The van der Waals surface area contributed by atoms with Gasteiger partial charge in [-0.1, -0.05) is 39.0 Å². The van der Waals surface area contributed by atoms with Crippen LogP contribution in [0.3, 0.4) is 0 Å². The molecular formula is C21H24N4O2. The van der Waals surface area contributed by atoms with Crippen LogP contribution in [-0.2, 0) is 16.8 Å². The molecule has 0 fully saturated rings. The lowest BCUT2D eigenvalue weighted by atomic mass is 9.87. The largest absolute Gasteiger partial charge is 0.484 e. The smallest absolute Gasteiger partial charge is 0.258 e. The lowest BCUT2D eigenvalue weighted by Gasteiger charge is -2.19. The molecule has 0 atom stereocenters. The highest BCUT2D eigenvalue weighted by Gasteiger charge is 2.14. The van der Waals surface area contributed by atoms with Gasteiger partial charge < -0.3 is 10.1 Å². The standard InChI is InChI=1S/C21H24N4O2/c1-21(2,3)17-6-4-7-18(12-17)27-15-20(26)23-14-16-8-9-19(22-13-16)25-11-5-10-24-25/h4-13H,14-15H2,1-3H3,(H,23,26). The number of hydrogen-bond donors (Lipinski definition) is 1. The van der Waals surface area contributed by atoms with E-state index in [1.165, 1.54) is 5.56 Å². The minimum absolute atomic E-state index is 0.0214. The van der Waals surface area contributed by atoms with Crippen molar-refractivity contribution >= 4 is 5.91 Å². The Hall–Kier alpha value is -3.15. The maximum absolute atomic E-state index is 12.1. The van der Waals surface area contributed by atoms with Gasteiger partial charge in [0.05, 0.1) is 0 Å². The van der Waals surface area contributed by atoms with E-state index < -0.39 is 0 Å². The van der Waals surface area contributed by atoms with Crippen LogP contribution in [0.15, 0.2) is 61.1 Å². The Morgan fingerprint density at radius 1 is 1.19 bits per heavy atom. The van der Waals surface area contributed by atoms with Gasteiger partial charge in [0.2, 0.25) is 0 Å². The van der Waals surface area contributed by atoms with Crippen LogP contribution in [-0.4, -0.2) is 27.3 Å². The summed E-state index contributed by atoms with van der Waals surface area (Å²) in [6, 6.07) is 13.5. The fourth-order valence-electron chi connectivity index (χ4n) is 2.51. The SMILES string of the molecule is CC(C)(C)c1cccc(OCC(=O)NCc2ccc(-n3cccn3)nc2)c1. The van der Waals surface area contributed by atoms with Crippen LogP contribution in [0.4, 0.5) is 0 Å². The third kappa shape index (κ3) is 5.17. The molecule has 6 nitrogen and oxygen atoms in total. The molecule has 27 heavy (non-hydrogen) atoms. The van der Waals surface area contributed by atoms with Crippen molar-refractivity contribution in [2.24, 2.45) is 0 Å². The van der Waals surface area contributed by atoms with Crippen molar-refractivity contribution in [3.05, 3.63) is 72.2 Å². The second kappa shape index (κ2) is 8.03. The van der Waals surface area contributed by atoms with Gasteiger partial charge in [0, 0.05) is 25.1 Å². The Labute approximate surface area is 159 Å². The van der Waals surface area contributed by atoms with Crippen molar-refractivity contribution in [3.8, 4) is 11.6 Å². The summed E-state index contributed by atoms with van der Waals surface area (Å²) >= 11 is 0. The normalized spacial score (nSPS) is 11.2. The number of aromatic nitrogens is 3. The van der Waals surface area contributed by atoms with E-state index >= 15 is 0 Å². The first kappa shape index (κ1) is 18.6. The van der Waals surface area contributed by atoms with Crippen LogP contribution in [0, 0.1) is 0 Å². The van der Waals surface area contributed by atoms with Gasteiger partial charge in [0.15, 0.2) is 12.4 Å². The first-order valence-corrected chi connectivity index (χ1v) is 8.87. The number of nitrogens with zero attached hydrogens (tertiary/aromatic N) is 3. The molecule has 0 aliphatic carbocycles. The summed E-state index contributed by atoms with van der Waals surface area (Å²) in [7, 11) is 0. The number of ether oxygens (including phenoxy) is 1. The molecule has 0 radical (unpaired) electrons. The molecular weight excluding hydrogens is 340 g/mol. The van der Waals surface area contributed by atoms with E-state index in [9.17, 15) is 4.79 Å². The molecule has 0 spiro atoms. The van der Waals surface area contributed by atoms with E-state index in [1.54, 1.807) is 17.1 Å². The zero-order valence-electron chi connectivity index (χ0n) is 15.8. The molecule has 6 heteroatoms. The fourth-order valence-corrected chi connectivity index (χ4v) is 2.51. The van der Waals surface area contributed by atoms with Gasteiger partial charge in [-0.15, -0.1) is 0 Å². The van der Waals surface area contributed by atoms with E-state index in [0.29, 0.717) is 12.3 Å². The Balaban J connectivity index is 1.49. The molecule has 2 aromatic heterocycles. The third-order valence-electron chi connectivity index (χ3n) is 4.11. The van der Waals surface area contributed by atoms with E-state index in [2.05, 4.69) is 42.2 Å². The number of carbonyl (C=O) groups is 1. The van der Waals surface area contributed by atoms with Crippen molar-refractivity contribution in [2.75, 3.05) is 6.61 Å². The Kier molecular flexibility index (Phi) is 5.54. The summed E-state index contributed by atoms with van der Waals surface area (Å²) in [5, 5.41) is 6.97. The van der Waals surface area contributed by atoms with Gasteiger partial charge in [0.25, 0.3) is 5.91 Å². The van der Waals surface area contributed by atoms with Crippen molar-refractivity contribution in [1.29, 1.82) is 0 Å². The monoisotopic (exact) mass is 364 g/mol. The Morgan fingerprint density at radius 3 is 2.70 bits per heavy atom. The number of carbonyl (C=O) groups excluding carboxylic acids is 1. The second-order valence-corrected chi connectivity index (χ2v) is 7.32. The molecule has 0 unspecified atom stereocenters. The highest BCUT2D eigenvalue weighted by Crippen LogP contribution is 2.25. The summed E-state index contributed by atoms with van der Waals surface area (Å²) in [5.41, 5.74) is 2.12. The van der Waals surface area contributed by atoms with Gasteiger partial charge in [-0.05, 0) is 40.8 Å². The topological polar surface area (TPSA) is 69.0 Å². The van der Waals surface area contributed by atoms with Crippen LogP contribution < -0.4 is 10.1 Å². The summed E-state index contributed by atoms with van der Waals surface area (Å²) in [6.07, 6.45) is 5.26. The maximum Gasteiger partial charge on any atom is 0.258 e. The van der Waals surface area contributed by atoms with Crippen LogP contribution in [0.25, 0.3) is 5.82 Å². The summed E-state index contributed by atoms with van der Waals surface area (Å²) < 4.78 is 7.30. The molecule has 0 bridgehead atoms. The predicted molar refractivity (Wildman–Crippen MR) is 104 cm³/mol. The molecule has 1 aromatic carbocycles. The highest BCUT2D eigenvalue weighted by atomic mass is 16.5. The number of hydrogen-bond acceptors (Lipinski definition) is 4. The van der Waals surface area contributed by atoms with E-state index in [0.717, 1.165) is 11.4 Å².